The first-order chi connectivity index (χ1) is 10.5. The summed E-state index contributed by atoms with van der Waals surface area (Å²) in [6, 6.07) is 2.90. The lowest BCUT2D eigenvalue weighted by atomic mass is 10.1. The van der Waals surface area contributed by atoms with Crippen LogP contribution in [0.15, 0.2) is 12.1 Å². The Kier molecular flexibility index (Phi) is 6.33. The second-order valence-electron chi connectivity index (χ2n) is 3.86. The third-order valence-electron chi connectivity index (χ3n) is 2.54. The molecule has 0 aliphatic rings. The first-order valence-corrected chi connectivity index (χ1v) is 6.06. The molecule has 6 heteroatoms. The summed E-state index contributed by atoms with van der Waals surface area (Å²) in [6.07, 6.45) is 10.8. The van der Waals surface area contributed by atoms with Gasteiger partial charge in [0.2, 0.25) is 0 Å². The molecule has 22 heavy (non-hydrogen) atoms. The summed E-state index contributed by atoms with van der Waals surface area (Å²) in [7, 11) is 2.48. The van der Waals surface area contributed by atoms with Crippen molar-refractivity contribution in [3.8, 4) is 36.2 Å². The van der Waals surface area contributed by atoms with Crippen molar-refractivity contribution in [3.05, 3.63) is 23.3 Å². The van der Waals surface area contributed by atoms with Crippen LogP contribution in [0.25, 0.3) is 0 Å². The molecule has 1 aromatic rings. The Bertz CT molecular complexity index is 590. The van der Waals surface area contributed by atoms with Crippen LogP contribution in [0.1, 0.15) is 11.1 Å². The smallest absolute Gasteiger partial charge is 0.343 e. The fourth-order valence-electron chi connectivity index (χ4n) is 1.42. The van der Waals surface area contributed by atoms with E-state index in [0.717, 1.165) is 0 Å². The summed E-state index contributed by atoms with van der Waals surface area (Å²) in [6.45, 7) is -0.616. The molecule has 6 nitrogen and oxygen atoms in total. The first-order valence-electron chi connectivity index (χ1n) is 6.06. The molecule has 114 valence electrons. The van der Waals surface area contributed by atoms with Crippen molar-refractivity contribution in [1.82, 2.24) is 0 Å². The number of hydrogen-bond donors (Lipinski definition) is 0. The Morgan fingerprint density at radius 2 is 1.27 bits per heavy atom. The molecule has 0 N–H and O–H groups in total. The Labute approximate surface area is 128 Å². The third kappa shape index (κ3) is 4.46. The molecule has 0 aliphatic carbocycles. The Morgan fingerprint density at radius 1 is 0.909 bits per heavy atom. The van der Waals surface area contributed by atoms with Crippen molar-refractivity contribution in [2.24, 2.45) is 0 Å². The van der Waals surface area contributed by atoms with Crippen molar-refractivity contribution < 1.29 is 28.5 Å². The highest BCUT2D eigenvalue weighted by Crippen LogP contribution is 2.28. The number of hydrogen-bond acceptors (Lipinski definition) is 6. The molecule has 0 fully saturated rings. The van der Waals surface area contributed by atoms with E-state index in [-0.39, 0.29) is 24.7 Å². The van der Waals surface area contributed by atoms with Gasteiger partial charge in [-0.2, -0.15) is 0 Å². The number of carbonyl (C=O) groups excluding carboxylic acids is 2. The van der Waals surface area contributed by atoms with E-state index >= 15 is 0 Å². The lowest BCUT2D eigenvalue weighted by Crippen LogP contribution is -2.14. The number of rotatable bonds is 6. The van der Waals surface area contributed by atoms with Crippen LogP contribution < -0.4 is 9.47 Å². The molecule has 0 unspecified atom stereocenters. The molecule has 1 rings (SSSR count). The van der Waals surface area contributed by atoms with Crippen LogP contribution in [-0.4, -0.2) is 39.4 Å². The van der Waals surface area contributed by atoms with Gasteiger partial charge >= 0.3 is 11.9 Å². The molecule has 0 spiro atoms. The summed E-state index contributed by atoms with van der Waals surface area (Å²) in [5.74, 6) is 4.14. The summed E-state index contributed by atoms with van der Waals surface area (Å²) < 4.78 is 19.5. The van der Waals surface area contributed by atoms with Gasteiger partial charge in [-0.3, -0.25) is 0 Å². The number of benzene rings is 1. The van der Waals surface area contributed by atoms with E-state index < -0.39 is 11.9 Å². The molecule has 0 bridgehead atoms. The quantitative estimate of drug-likeness (QED) is 0.570. The second kappa shape index (κ2) is 8.23. The molecular weight excluding hydrogens is 288 g/mol. The molecule has 0 saturated heterocycles. The summed E-state index contributed by atoms with van der Waals surface area (Å²) >= 11 is 0. The van der Waals surface area contributed by atoms with Gasteiger partial charge in [0, 0.05) is 12.1 Å². The van der Waals surface area contributed by atoms with Gasteiger partial charge < -0.3 is 18.9 Å². The molecule has 0 aromatic heterocycles. The van der Waals surface area contributed by atoms with Gasteiger partial charge in [-0.15, -0.1) is 12.8 Å². The van der Waals surface area contributed by atoms with Crippen LogP contribution in [0.4, 0.5) is 0 Å². The molecule has 0 heterocycles. The van der Waals surface area contributed by atoms with Crippen LogP contribution in [0, 0.1) is 24.7 Å². The highest BCUT2D eigenvalue weighted by molar-refractivity contribution is 5.72. The van der Waals surface area contributed by atoms with Crippen LogP contribution in [0.2, 0.25) is 0 Å². The number of methoxy groups -OCH3 is 2. The zero-order chi connectivity index (χ0) is 16.5. The van der Waals surface area contributed by atoms with Crippen molar-refractivity contribution in [2.45, 2.75) is 0 Å². The average Bonchev–Trinajstić information content (AvgIpc) is 2.56. The summed E-state index contributed by atoms with van der Waals surface area (Å²) in [5, 5.41) is 0. The molecule has 0 atom stereocenters. The SMILES string of the molecule is C#Cc1cc(OCC(=O)OC)c(C#C)cc1OCC(=O)OC. The van der Waals surface area contributed by atoms with E-state index in [2.05, 4.69) is 21.3 Å². The molecular formula is C16H14O6. The number of esters is 2. The minimum absolute atomic E-state index is 0.242. The van der Waals surface area contributed by atoms with Crippen molar-refractivity contribution in [1.29, 1.82) is 0 Å². The molecule has 0 aliphatic heterocycles. The van der Waals surface area contributed by atoms with Crippen molar-refractivity contribution in [2.75, 3.05) is 27.4 Å². The Balaban J connectivity index is 3.02. The van der Waals surface area contributed by atoms with Crippen LogP contribution in [0.5, 0.6) is 11.5 Å². The van der Waals surface area contributed by atoms with Crippen LogP contribution in [0.3, 0.4) is 0 Å². The lowest BCUT2D eigenvalue weighted by Gasteiger charge is -2.12. The molecule has 0 amide bonds. The monoisotopic (exact) mass is 302 g/mol. The maximum atomic E-state index is 11.1. The minimum Gasteiger partial charge on any atom is -0.481 e. The fourth-order valence-corrected chi connectivity index (χ4v) is 1.42. The van der Waals surface area contributed by atoms with Gasteiger partial charge in [0.05, 0.1) is 25.3 Å². The average molecular weight is 302 g/mol. The highest BCUT2D eigenvalue weighted by Gasteiger charge is 2.13. The number of ether oxygens (including phenoxy) is 4. The second-order valence-corrected chi connectivity index (χ2v) is 3.86. The zero-order valence-corrected chi connectivity index (χ0v) is 12.2. The largest absolute Gasteiger partial charge is 0.481 e. The van der Waals surface area contributed by atoms with Gasteiger partial charge in [0.15, 0.2) is 13.2 Å². The Morgan fingerprint density at radius 3 is 1.55 bits per heavy atom. The van der Waals surface area contributed by atoms with Gasteiger partial charge in [-0.05, 0) is 0 Å². The van der Waals surface area contributed by atoms with E-state index in [0.29, 0.717) is 11.1 Å². The maximum absolute atomic E-state index is 11.1. The topological polar surface area (TPSA) is 71.1 Å². The molecule has 0 saturated carbocycles. The van der Waals surface area contributed by atoms with Gasteiger partial charge in [0.1, 0.15) is 11.5 Å². The zero-order valence-electron chi connectivity index (χ0n) is 12.2. The predicted octanol–water partition coefficient (Wildman–Crippen LogP) is 0.753. The lowest BCUT2D eigenvalue weighted by molar-refractivity contribution is -0.143. The predicted molar refractivity (Wildman–Crippen MR) is 77.3 cm³/mol. The number of carbonyl (C=O) groups is 2. The van der Waals surface area contributed by atoms with Gasteiger partial charge in [-0.1, -0.05) is 11.8 Å². The van der Waals surface area contributed by atoms with Gasteiger partial charge in [-0.25, -0.2) is 9.59 Å². The minimum atomic E-state index is -0.559. The summed E-state index contributed by atoms with van der Waals surface area (Å²) in [5.41, 5.74) is 0.644. The highest BCUT2D eigenvalue weighted by atomic mass is 16.6. The van der Waals surface area contributed by atoms with E-state index in [1.807, 2.05) is 0 Å². The fraction of sp³-hybridized carbons (Fsp3) is 0.250. The van der Waals surface area contributed by atoms with Crippen molar-refractivity contribution >= 4 is 11.9 Å². The number of terminal acetylenes is 2. The van der Waals surface area contributed by atoms with E-state index in [4.69, 9.17) is 22.3 Å². The van der Waals surface area contributed by atoms with Crippen LogP contribution in [-0.2, 0) is 19.1 Å². The maximum Gasteiger partial charge on any atom is 0.343 e. The third-order valence-corrected chi connectivity index (χ3v) is 2.54. The standard InChI is InChI=1S/C16H14O6/c1-5-11-7-14(22-10-16(18)20-4)12(6-2)8-13(11)21-9-15(17)19-3/h1-2,7-8H,9-10H2,3-4H3. The van der Waals surface area contributed by atoms with Crippen LogP contribution >= 0.6 is 0 Å². The Hall–Kier alpha value is -3.12. The first kappa shape index (κ1) is 16.9. The van der Waals surface area contributed by atoms with Gasteiger partial charge in [0.25, 0.3) is 0 Å². The van der Waals surface area contributed by atoms with E-state index in [1.54, 1.807) is 0 Å². The summed E-state index contributed by atoms with van der Waals surface area (Å²) in [4.78, 5) is 22.2. The normalized spacial score (nSPS) is 9.09. The van der Waals surface area contributed by atoms with Crippen molar-refractivity contribution in [3.63, 3.8) is 0 Å². The van der Waals surface area contributed by atoms with E-state index in [9.17, 15) is 9.59 Å². The van der Waals surface area contributed by atoms with E-state index in [1.165, 1.54) is 26.4 Å². The molecule has 1 aromatic carbocycles. The molecule has 0 radical (unpaired) electrons.